The van der Waals surface area contributed by atoms with Gasteiger partial charge in [0.15, 0.2) is 0 Å². The highest BCUT2D eigenvalue weighted by molar-refractivity contribution is 6.21. The minimum absolute atomic E-state index is 0.113. The standard InChI is InChI=1S/C22H27N3O4/c1-23-21(28)17-8-7-16(13-18(17)22(23)29)20(27)25-12-4-5-15(14-25)6-9-19(26)24-10-2-3-11-24/h7-8,13,15H,2-6,9-12,14H2,1H3/t15-/m0/s1. The number of fused-ring (bicyclic) bond motifs is 1. The van der Waals surface area contributed by atoms with Crippen LogP contribution in [-0.2, 0) is 4.79 Å². The summed E-state index contributed by atoms with van der Waals surface area (Å²) in [7, 11) is 1.45. The maximum absolute atomic E-state index is 13.0. The van der Waals surface area contributed by atoms with Crippen LogP contribution in [0.5, 0.6) is 0 Å². The average Bonchev–Trinajstić information content (AvgIpc) is 3.36. The molecular formula is C22H27N3O4. The largest absolute Gasteiger partial charge is 0.343 e. The van der Waals surface area contributed by atoms with Gasteiger partial charge in [0.25, 0.3) is 17.7 Å². The van der Waals surface area contributed by atoms with Crippen molar-refractivity contribution in [1.82, 2.24) is 14.7 Å². The number of amides is 4. The van der Waals surface area contributed by atoms with E-state index < -0.39 is 0 Å². The molecule has 1 aromatic rings. The average molecular weight is 397 g/mol. The van der Waals surface area contributed by atoms with Gasteiger partial charge in [0.05, 0.1) is 11.1 Å². The molecule has 7 nitrogen and oxygen atoms in total. The van der Waals surface area contributed by atoms with E-state index in [1.807, 2.05) is 9.80 Å². The number of piperidine rings is 1. The molecule has 0 bridgehead atoms. The number of hydrogen-bond donors (Lipinski definition) is 0. The van der Waals surface area contributed by atoms with Crippen LogP contribution in [0.15, 0.2) is 18.2 Å². The Labute approximate surface area is 170 Å². The number of benzene rings is 1. The molecule has 0 spiro atoms. The lowest BCUT2D eigenvalue weighted by atomic mass is 9.92. The smallest absolute Gasteiger partial charge is 0.261 e. The summed E-state index contributed by atoms with van der Waals surface area (Å²) in [6.45, 7) is 3.07. The molecule has 4 rings (SSSR count). The minimum Gasteiger partial charge on any atom is -0.343 e. The fraction of sp³-hybridized carbons (Fsp3) is 0.545. The fourth-order valence-electron chi connectivity index (χ4n) is 4.61. The zero-order valence-corrected chi connectivity index (χ0v) is 16.9. The van der Waals surface area contributed by atoms with E-state index in [9.17, 15) is 19.2 Å². The number of nitrogens with zero attached hydrogens (tertiary/aromatic N) is 3. The molecule has 0 aromatic heterocycles. The van der Waals surface area contributed by atoms with Gasteiger partial charge in [-0.3, -0.25) is 24.1 Å². The third-order valence-electron chi connectivity index (χ3n) is 6.37. The molecule has 154 valence electrons. The SMILES string of the molecule is CN1C(=O)c2ccc(C(=O)N3CCC[C@@H](CCC(=O)N4CCCC4)C3)cc2C1=O. The quantitative estimate of drug-likeness (QED) is 0.730. The highest BCUT2D eigenvalue weighted by Crippen LogP contribution is 2.26. The fourth-order valence-corrected chi connectivity index (χ4v) is 4.61. The predicted octanol–water partition coefficient (Wildman–Crippen LogP) is 2.17. The second kappa shape index (κ2) is 7.97. The van der Waals surface area contributed by atoms with Crippen LogP contribution in [0.25, 0.3) is 0 Å². The van der Waals surface area contributed by atoms with Crippen LogP contribution < -0.4 is 0 Å². The first-order valence-electron chi connectivity index (χ1n) is 10.5. The molecule has 3 heterocycles. The predicted molar refractivity (Wildman–Crippen MR) is 107 cm³/mol. The molecule has 4 amide bonds. The number of rotatable bonds is 4. The number of hydrogen-bond acceptors (Lipinski definition) is 4. The van der Waals surface area contributed by atoms with E-state index in [1.54, 1.807) is 18.2 Å². The molecule has 1 atom stereocenters. The third kappa shape index (κ3) is 3.78. The van der Waals surface area contributed by atoms with Gasteiger partial charge in [0, 0.05) is 45.2 Å². The van der Waals surface area contributed by atoms with Gasteiger partial charge in [-0.15, -0.1) is 0 Å². The molecule has 0 radical (unpaired) electrons. The van der Waals surface area contributed by atoms with Gasteiger partial charge in [0.1, 0.15) is 0 Å². The van der Waals surface area contributed by atoms with Crippen molar-refractivity contribution < 1.29 is 19.2 Å². The van der Waals surface area contributed by atoms with Crippen LogP contribution >= 0.6 is 0 Å². The number of imide groups is 1. The van der Waals surface area contributed by atoms with E-state index in [2.05, 4.69) is 0 Å². The van der Waals surface area contributed by atoms with Crippen molar-refractivity contribution in [2.75, 3.05) is 33.2 Å². The normalized spacial score (nSPS) is 21.7. The van der Waals surface area contributed by atoms with E-state index >= 15 is 0 Å². The lowest BCUT2D eigenvalue weighted by molar-refractivity contribution is -0.130. The number of carbonyl (C=O) groups excluding carboxylic acids is 4. The first kappa shape index (κ1) is 19.6. The lowest BCUT2D eigenvalue weighted by Crippen LogP contribution is -2.40. The van der Waals surface area contributed by atoms with Crippen molar-refractivity contribution in [3.8, 4) is 0 Å². The maximum Gasteiger partial charge on any atom is 0.261 e. The third-order valence-corrected chi connectivity index (χ3v) is 6.37. The van der Waals surface area contributed by atoms with Crippen LogP contribution in [0.3, 0.4) is 0 Å². The van der Waals surface area contributed by atoms with Gasteiger partial charge in [0.2, 0.25) is 5.91 Å². The van der Waals surface area contributed by atoms with Crippen LogP contribution in [0.4, 0.5) is 0 Å². The van der Waals surface area contributed by atoms with E-state index in [1.165, 1.54) is 7.05 Å². The Morgan fingerprint density at radius 3 is 2.41 bits per heavy atom. The molecular weight excluding hydrogens is 370 g/mol. The van der Waals surface area contributed by atoms with Gasteiger partial charge in [-0.25, -0.2) is 0 Å². The van der Waals surface area contributed by atoms with Gasteiger partial charge in [-0.05, 0) is 56.2 Å². The first-order valence-corrected chi connectivity index (χ1v) is 10.5. The van der Waals surface area contributed by atoms with E-state index in [0.29, 0.717) is 42.1 Å². The molecule has 0 unspecified atom stereocenters. The zero-order chi connectivity index (χ0) is 20.5. The maximum atomic E-state index is 13.0. The summed E-state index contributed by atoms with van der Waals surface area (Å²) in [4.78, 5) is 54.4. The van der Waals surface area contributed by atoms with Crippen LogP contribution in [-0.4, -0.2) is 71.6 Å². The molecule has 0 N–H and O–H groups in total. The summed E-state index contributed by atoms with van der Waals surface area (Å²) in [5.41, 5.74) is 1.09. The Morgan fingerprint density at radius 1 is 0.966 bits per heavy atom. The summed E-state index contributed by atoms with van der Waals surface area (Å²) >= 11 is 0. The Morgan fingerprint density at radius 2 is 1.66 bits per heavy atom. The Hall–Kier alpha value is -2.70. The Balaban J connectivity index is 1.38. The molecule has 0 saturated carbocycles. The van der Waals surface area contributed by atoms with E-state index in [0.717, 1.165) is 50.1 Å². The number of likely N-dealkylation sites (tertiary alicyclic amines) is 2. The van der Waals surface area contributed by atoms with Crippen LogP contribution in [0.1, 0.15) is 69.6 Å². The van der Waals surface area contributed by atoms with Crippen molar-refractivity contribution in [2.45, 2.75) is 38.5 Å². The molecule has 1 aromatic carbocycles. The van der Waals surface area contributed by atoms with Crippen molar-refractivity contribution >= 4 is 23.6 Å². The summed E-state index contributed by atoms with van der Waals surface area (Å²) in [6, 6.07) is 4.75. The first-order chi connectivity index (χ1) is 14.0. The van der Waals surface area contributed by atoms with E-state index in [-0.39, 0.29) is 23.6 Å². The molecule has 3 aliphatic rings. The highest BCUT2D eigenvalue weighted by atomic mass is 16.2. The highest BCUT2D eigenvalue weighted by Gasteiger charge is 2.34. The van der Waals surface area contributed by atoms with Crippen LogP contribution in [0, 0.1) is 5.92 Å². The van der Waals surface area contributed by atoms with Crippen molar-refractivity contribution in [1.29, 1.82) is 0 Å². The summed E-state index contributed by atoms with van der Waals surface area (Å²) in [5, 5.41) is 0. The second-order valence-electron chi connectivity index (χ2n) is 8.32. The summed E-state index contributed by atoms with van der Waals surface area (Å²) in [6.07, 6.45) is 5.50. The zero-order valence-electron chi connectivity index (χ0n) is 16.9. The van der Waals surface area contributed by atoms with Crippen LogP contribution in [0.2, 0.25) is 0 Å². The molecule has 2 fully saturated rings. The number of carbonyl (C=O) groups is 4. The molecule has 29 heavy (non-hydrogen) atoms. The van der Waals surface area contributed by atoms with Gasteiger partial charge in [-0.1, -0.05) is 0 Å². The molecule has 0 aliphatic carbocycles. The van der Waals surface area contributed by atoms with Gasteiger partial charge < -0.3 is 9.80 Å². The minimum atomic E-state index is -0.364. The topological polar surface area (TPSA) is 78.0 Å². The van der Waals surface area contributed by atoms with E-state index in [4.69, 9.17) is 0 Å². The Kier molecular flexibility index (Phi) is 5.39. The lowest BCUT2D eigenvalue weighted by Gasteiger charge is -2.33. The van der Waals surface area contributed by atoms with Gasteiger partial charge in [-0.2, -0.15) is 0 Å². The summed E-state index contributed by atoms with van der Waals surface area (Å²) < 4.78 is 0. The van der Waals surface area contributed by atoms with Gasteiger partial charge >= 0.3 is 0 Å². The molecule has 7 heteroatoms. The Bertz CT molecular complexity index is 860. The van der Waals surface area contributed by atoms with Crippen molar-refractivity contribution in [2.24, 2.45) is 5.92 Å². The molecule has 3 aliphatic heterocycles. The second-order valence-corrected chi connectivity index (χ2v) is 8.32. The summed E-state index contributed by atoms with van der Waals surface area (Å²) in [5.74, 6) is -0.251. The monoisotopic (exact) mass is 397 g/mol. The molecule has 2 saturated heterocycles. The van der Waals surface area contributed by atoms with Crippen molar-refractivity contribution in [3.63, 3.8) is 0 Å². The van der Waals surface area contributed by atoms with Crippen molar-refractivity contribution in [3.05, 3.63) is 34.9 Å².